The second kappa shape index (κ2) is 10.2. The molecule has 2 heterocycles. The van der Waals surface area contributed by atoms with E-state index in [4.69, 9.17) is 14.2 Å². The molecule has 4 rings (SSSR count). The van der Waals surface area contributed by atoms with Crippen molar-refractivity contribution in [2.24, 2.45) is 0 Å². The fourth-order valence-electron chi connectivity index (χ4n) is 4.42. The van der Waals surface area contributed by atoms with E-state index in [1.54, 1.807) is 30.3 Å². The average molecular weight is 515 g/mol. The number of H-pyrrole nitrogens is 1. The Morgan fingerprint density at radius 2 is 1.72 bits per heavy atom. The molecule has 3 aromatic rings. The highest BCUT2D eigenvalue weighted by atomic mass is 32.2. The van der Waals surface area contributed by atoms with Crippen molar-refractivity contribution in [3.8, 4) is 11.5 Å². The number of fused-ring (bicyclic) bond motifs is 1. The first kappa shape index (κ1) is 26.2. The van der Waals surface area contributed by atoms with Crippen molar-refractivity contribution in [2.45, 2.75) is 56.6 Å². The summed E-state index contributed by atoms with van der Waals surface area (Å²) in [7, 11) is -0.822. The Bertz CT molecular complexity index is 1380. The molecule has 1 atom stereocenters. The number of hydrogen-bond acceptors (Lipinski definition) is 6. The molecule has 1 fully saturated rings. The highest BCUT2D eigenvalue weighted by Crippen LogP contribution is 2.32. The molecule has 0 radical (unpaired) electrons. The highest BCUT2D eigenvalue weighted by Gasteiger charge is 2.30. The number of nitrogens with zero attached hydrogens (tertiary/aromatic N) is 1. The number of methoxy groups -OCH3 is 2. The van der Waals surface area contributed by atoms with Crippen LogP contribution in [0.2, 0.25) is 0 Å². The quantitative estimate of drug-likeness (QED) is 0.484. The van der Waals surface area contributed by atoms with Gasteiger partial charge >= 0.3 is 0 Å². The number of ether oxygens (including phenoxy) is 3. The summed E-state index contributed by atoms with van der Waals surface area (Å²) in [6.07, 6.45) is 1.45. The summed E-state index contributed by atoms with van der Waals surface area (Å²) in [6.45, 7) is 6.94. The van der Waals surface area contributed by atoms with Gasteiger partial charge in [0.25, 0.3) is 5.56 Å². The molecule has 0 bridgehead atoms. The predicted octanol–water partition coefficient (Wildman–Crippen LogP) is 4.21. The van der Waals surface area contributed by atoms with Crippen molar-refractivity contribution in [2.75, 3.05) is 27.4 Å². The molecule has 1 aliphatic heterocycles. The summed E-state index contributed by atoms with van der Waals surface area (Å²) < 4.78 is 45.4. The summed E-state index contributed by atoms with van der Waals surface area (Å²) >= 11 is 0. The zero-order valence-electron chi connectivity index (χ0n) is 21.5. The zero-order valence-corrected chi connectivity index (χ0v) is 22.3. The van der Waals surface area contributed by atoms with Crippen molar-refractivity contribution in [1.29, 1.82) is 0 Å². The van der Waals surface area contributed by atoms with Gasteiger partial charge in [0.2, 0.25) is 10.0 Å². The number of hydrogen-bond donors (Lipinski definition) is 1. The lowest BCUT2D eigenvalue weighted by Crippen LogP contribution is -2.38. The van der Waals surface area contributed by atoms with E-state index in [9.17, 15) is 13.2 Å². The molecular formula is C27H34N2O6S. The van der Waals surface area contributed by atoms with Crippen LogP contribution >= 0.6 is 0 Å². The minimum atomic E-state index is -3.89. The Morgan fingerprint density at radius 3 is 2.31 bits per heavy atom. The fraction of sp³-hybridized carbons (Fsp3) is 0.444. The molecule has 0 saturated carbocycles. The average Bonchev–Trinajstić information content (AvgIpc) is 3.36. The lowest BCUT2D eigenvalue weighted by Gasteiger charge is -2.25. The molecule has 194 valence electrons. The maximum Gasteiger partial charge on any atom is 0.252 e. The van der Waals surface area contributed by atoms with Gasteiger partial charge < -0.3 is 19.2 Å². The van der Waals surface area contributed by atoms with Gasteiger partial charge in [-0.2, -0.15) is 4.31 Å². The zero-order chi connectivity index (χ0) is 26.1. The Balaban J connectivity index is 1.73. The summed E-state index contributed by atoms with van der Waals surface area (Å²) in [5, 5.41) is 0.714. The van der Waals surface area contributed by atoms with Crippen LogP contribution in [0.4, 0.5) is 0 Å². The van der Waals surface area contributed by atoms with Gasteiger partial charge in [-0.15, -0.1) is 0 Å². The molecule has 0 spiro atoms. The molecule has 36 heavy (non-hydrogen) atoms. The van der Waals surface area contributed by atoms with Crippen molar-refractivity contribution < 1.29 is 22.6 Å². The topological polar surface area (TPSA) is 97.9 Å². The molecule has 1 saturated heterocycles. The monoisotopic (exact) mass is 514 g/mol. The van der Waals surface area contributed by atoms with Crippen LogP contribution < -0.4 is 15.0 Å². The molecule has 1 unspecified atom stereocenters. The Labute approximate surface area is 212 Å². The number of benzene rings is 2. The van der Waals surface area contributed by atoms with Gasteiger partial charge in [-0.1, -0.05) is 32.9 Å². The number of sulfonamides is 1. The van der Waals surface area contributed by atoms with Crippen LogP contribution in [0.15, 0.2) is 52.2 Å². The molecule has 2 aromatic carbocycles. The first-order valence-electron chi connectivity index (χ1n) is 12.0. The van der Waals surface area contributed by atoms with E-state index in [2.05, 4.69) is 25.8 Å². The van der Waals surface area contributed by atoms with Gasteiger partial charge in [0, 0.05) is 36.7 Å². The summed E-state index contributed by atoms with van der Waals surface area (Å²) in [5.41, 5.74) is 1.50. The third-order valence-corrected chi connectivity index (χ3v) is 8.39. The minimum absolute atomic E-state index is 0.0805. The highest BCUT2D eigenvalue weighted by molar-refractivity contribution is 7.89. The van der Waals surface area contributed by atoms with E-state index in [-0.39, 0.29) is 35.1 Å². The van der Waals surface area contributed by atoms with E-state index in [1.165, 1.54) is 18.5 Å². The second-order valence-corrected chi connectivity index (χ2v) is 12.1. The smallest absolute Gasteiger partial charge is 0.252 e. The van der Waals surface area contributed by atoms with Gasteiger partial charge in [-0.3, -0.25) is 4.79 Å². The number of aromatic nitrogens is 1. The van der Waals surface area contributed by atoms with Gasteiger partial charge in [0.05, 0.1) is 30.7 Å². The summed E-state index contributed by atoms with van der Waals surface area (Å²) in [6, 6.07) is 12.1. The summed E-state index contributed by atoms with van der Waals surface area (Å²) in [4.78, 5) is 16.0. The van der Waals surface area contributed by atoms with E-state index < -0.39 is 10.0 Å². The molecule has 1 aliphatic rings. The predicted molar refractivity (Wildman–Crippen MR) is 139 cm³/mol. The first-order valence-corrected chi connectivity index (χ1v) is 13.5. The van der Waals surface area contributed by atoms with Crippen molar-refractivity contribution in [3.63, 3.8) is 0 Å². The van der Waals surface area contributed by atoms with Crippen molar-refractivity contribution in [1.82, 2.24) is 9.29 Å². The van der Waals surface area contributed by atoms with Crippen LogP contribution in [-0.4, -0.2) is 51.2 Å². The first-order chi connectivity index (χ1) is 17.0. The van der Waals surface area contributed by atoms with Crippen molar-refractivity contribution >= 4 is 20.9 Å². The van der Waals surface area contributed by atoms with Gasteiger partial charge in [-0.25, -0.2) is 8.42 Å². The lowest BCUT2D eigenvalue weighted by atomic mass is 9.87. The van der Waals surface area contributed by atoms with Crippen LogP contribution in [0.3, 0.4) is 0 Å². The Kier molecular flexibility index (Phi) is 7.45. The van der Waals surface area contributed by atoms with Crippen LogP contribution in [-0.2, 0) is 26.7 Å². The Morgan fingerprint density at radius 1 is 1.06 bits per heavy atom. The summed E-state index contributed by atoms with van der Waals surface area (Å²) in [5.74, 6) is 1.01. The molecular weight excluding hydrogens is 480 g/mol. The number of rotatable bonds is 8. The van der Waals surface area contributed by atoms with Crippen molar-refractivity contribution in [3.05, 3.63) is 63.9 Å². The molecule has 1 aromatic heterocycles. The van der Waals surface area contributed by atoms with Gasteiger partial charge in [-0.05, 0) is 48.1 Å². The van der Waals surface area contributed by atoms with E-state index in [1.807, 2.05) is 12.1 Å². The van der Waals surface area contributed by atoms with Crippen LogP contribution in [0.1, 0.15) is 44.7 Å². The standard InChI is InChI=1S/C27H34N2O6S/c1-27(2,3)20-8-10-22(11-9-20)36(31,32)29(17-21-7-6-12-35-21)16-19-13-18-14-24(33-4)25(34-5)15-23(18)28-26(19)30/h8-11,13-15,21H,6-7,12,16-17H2,1-5H3,(H,28,30). The van der Waals surface area contributed by atoms with Gasteiger partial charge in [0.1, 0.15) is 0 Å². The van der Waals surface area contributed by atoms with Crippen LogP contribution in [0, 0.1) is 0 Å². The normalized spacial score (nSPS) is 16.6. The van der Waals surface area contributed by atoms with E-state index >= 15 is 0 Å². The number of pyridine rings is 1. The largest absolute Gasteiger partial charge is 0.493 e. The van der Waals surface area contributed by atoms with E-state index in [0.717, 1.165) is 18.4 Å². The minimum Gasteiger partial charge on any atom is -0.493 e. The molecule has 1 N–H and O–H groups in total. The maximum absolute atomic E-state index is 13.8. The second-order valence-electron chi connectivity index (χ2n) is 10.1. The van der Waals surface area contributed by atoms with Gasteiger partial charge in [0.15, 0.2) is 11.5 Å². The number of aromatic amines is 1. The van der Waals surface area contributed by atoms with Crippen LogP contribution in [0.25, 0.3) is 10.9 Å². The molecule has 0 amide bonds. The fourth-order valence-corrected chi connectivity index (χ4v) is 5.87. The number of nitrogens with one attached hydrogen (secondary N) is 1. The molecule has 9 heteroatoms. The SMILES string of the molecule is COc1cc2cc(CN(CC3CCCO3)S(=O)(=O)c3ccc(C(C)(C)C)cc3)c(=O)[nH]c2cc1OC. The molecule has 0 aliphatic carbocycles. The Hall–Kier alpha value is -2.88. The van der Waals surface area contributed by atoms with E-state index in [0.29, 0.717) is 34.6 Å². The third-order valence-electron chi connectivity index (χ3n) is 6.56. The molecule has 8 nitrogen and oxygen atoms in total. The van der Waals surface area contributed by atoms with Crippen LogP contribution in [0.5, 0.6) is 11.5 Å². The lowest BCUT2D eigenvalue weighted by molar-refractivity contribution is 0.0925. The maximum atomic E-state index is 13.8. The third kappa shape index (κ3) is 5.43.